The molecule has 0 amide bonds. The lowest BCUT2D eigenvalue weighted by Gasteiger charge is -2.14. The van der Waals surface area contributed by atoms with Crippen molar-refractivity contribution < 1.29 is 14.7 Å². The normalized spacial score (nSPS) is 11.8. The lowest BCUT2D eigenvalue weighted by Crippen LogP contribution is -2.21. The van der Waals surface area contributed by atoms with Crippen LogP contribution in [0.25, 0.3) is 11.1 Å². The van der Waals surface area contributed by atoms with Gasteiger partial charge in [0.15, 0.2) is 4.32 Å². The van der Waals surface area contributed by atoms with Crippen molar-refractivity contribution >= 4 is 45.9 Å². The zero-order valence-electron chi connectivity index (χ0n) is 12.9. The van der Waals surface area contributed by atoms with Crippen LogP contribution >= 0.6 is 35.6 Å². The van der Waals surface area contributed by atoms with E-state index in [1.165, 1.54) is 0 Å². The molecule has 0 aliphatic heterocycles. The lowest BCUT2D eigenvalue weighted by atomic mass is 10.0. The van der Waals surface area contributed by atoms with Gasteiger partial charge in [0.1, 0.15) is 5.25 Å². The van der Waals surface area contributed by atoms with Gasteiger partial charge >= 0.3 is 5.97 Å². The molecule has 0 saturated carbocycles. The maximum Gasteiger partial charge on any atom is 0.321 e. The first-order valence-corrected chi connectivity index (χ1v) is 8.85. The predicted molar refractivity (Wildman–Crippen MR) is 102 cm³/mol. The summed E-state index contributed by atoms with van der Waals surface area (Å²) in [6.07, 6.45) is 0. The maximum atomic E-state index is 11.5. The number of halogens is 1. The number of thiocarbonyl (C=S) groups is 1. The first kappa shape index (κ1) is 18.7. The van der Waals surface area contributed by atoms with Crippen molar-refractivity contribution in [2.45, 2.75) is 12.2 Å². The van der Waals surface area contributed by atoms with E-state index in [1.54, 1.807) is 12.1 Å². The van der Waals surface area contributed by atoms with Gasteiger partial charge in [0.25, 0.3) is 0 Å². The molecule has 126 valence electrons. The summed E-state index contributed by atoms with van der Waals surface area (Å²) in [5.41, 5.74) is 5.01. The molecule has 0 aliphatic rings. The summed E-state index contributed by atoms with van der Waals surface area (Å²) in [5.74, 6) is -0.967. The minimum Gasteiger partial charge on any atom is -0.480 e. The molecule has 0 radical (unpaired) electrons. The third kappa shape index (κ3) is 4.95. The minimum absolute atomic E-state index is 0.277. The third-order valence-electron chi connectivity index (χ3n) is 3.15. The van der Waals surface area contributed by atoms with Crippen LogP contribution in [0.1, 0.15) is 17.7 Å². The van der Waals surface area contributed by atoms with Crippen molar-refractivity contribution in [2.75, 3.05) is 6.61 Å². The molecule has 1 unspecified atom stereocenters. The highest BCUT2D eigenvalue weighted by Gasteiger charge is 2.22. The van der Waals surface area contributed by atoms with E-state index in [-0.39, 0.29) is 4.32 Å². The predicted octanol–water partition coefficient (Wildman–Crippen LogP) is 4.69. The molecule has 2 N–H and O–H groups in total. The first-order valence-electron chi connectivity index (χ1n) is 7.19. The molecule has 0 fully saturated rings. The van der Waals surface area contributed by atoms with Gasteiger partial charge in [0, 0.05) is 10.6 Å². The molecule has 0 saturated heterocycles. The first-order chi connectivity index (χ1) is 11.5. The average Bonchev–Trinajstić information content (AvgIpc) is 2.58. The molecule has 2 aromatic carbocycles. The Balaban J connectivity index is 2.19. The molecular formula is C17H16ClNO3S2. The largest absolute Gasteiger partial charge is 0.480 e. The van der Waals surface area contributed by atoms with Gasteiger partial charge < -0.3 is 5.11 Å². The molecule has 0 aliphatic carbocycles. The lowest BCUT2D eigenvalue weighted by molar-refractivity contribution is -0.136. The zero-order valence-corrected chi connectivity index (χ0v) is 15.3. The molecule has 24 heavy (non-hydrogen) atoms. The van der Waals surface area contributed by atoms with Crippen LogP contribution in [0.5, 0.6) is 0 Å². The molecular weight excluding hydrogens is 366 g/mol. The second-order valence-electron chi connectivity index (χ2n) is 4.76. The van der Waals surface area contributed by atoms with E-state index >= 15 is 0 Å². The van der Waals surface area contributed by atoms with Crippen molar-refractivity contribution in [1.29, 1.82) is 0 Å². The zero-order chi connectivity index (χ0) is 17.5. The van der Waals surface area contributed by atoms with E-state index in [1.807, 2.05) is 43.3 Å². The molecule has 2 rings (SSSR count). The summed E-state index contributed by atoms with van der Waals surface area (Å²) in [4.78, 5) is 16.5. The average molecular weight is 382 g/mol. The van der Waals surface area contributed by atoms with Gasteiger partial charge in [0.2, 0.25) is 0 Å². The number of nitrogens with one attached hydrogen (secondary N) is 1. The Bertz CT molecular complexity index is 722. The molecule has 0 aromatic heterocycles. The highest BCUT2D eigenvalue weighted by atomic mass is 35.5. The van der Waals surface area contributed by atoms with Crippen LogP contribution in [0.3, 0.4) is 0 Å². The summed E-state index contributed by atoms with van der Waals surface area (Å²) < 4.78 is 0.277. The Labute approximate surface area is 155 Å². The van der Waals surface area contributed by atoms with Gasteiger partial charge in [-0.2, -0.15) is 0 Å². The molecule has 0 spiro atoms. The van der Waals surface area contributed by atoms with E-state index in [9.17, 15) is 9.90 Å². The Morgan fingerprint density at radius 1 is 1.29 bits per heavy atom. The number of thioether (sulfide) groups is 1. The summed E-state index contributed by atoms with van der Waals surface area (Å²) in [6, 6.07) is 14.8. The number of carboxylic acid groups (broad SMARTS) is 1. The number of rotatable bonds is 6. The van der Waals surface area contributed by atoms with Gasteiger partial charge in [-0.05, 0) is 24.1 Å². The highest BCUT2D eigenvalue weighted by molar-refractivity contribution is 8.23. The maximum absolute atomic E-state index is 11.5. The van der Waals surface area contributed by atoms with Crippen molar-refractivity contribution in [3.05, 3.63) is 59.1 Å². The summed E-state index contributed by atoms with van der Waals surface area (Å²) >= 11 is 12.3. The van der Waals surface area contributed by atoms with E-state index in [2.05, 4.69) is 5.48 Å². The Morgan fingerprint density at radius 2 is 1.96 bits per heavy atom. The van der Waals surface area contributed by atoms with Crippen LogP contribution in [-0.4, -0.2) is 22.0 Å². The smallest absolute Gasteiger partial charge is 0.321 e. The van der Waals surface area contributed by atoms with Gasteiger partial charge in [-0.25, -0.2) is 0 Å². The van der Waals surface area contributed by atoms with Crippen molar-refractivity contribution in [2.24, 2.45) is 0 Å². The van der Waals surface area contributed by atoms with Gasteiger partial charge in [0.05, 0.1) is 6.61 Å². The summed E-state index contributed by atoms with van der Waals surface area (Å²) in [6.45, 7) is 2.24. The standard InChI is InChI=1S/C17H16ClNO3S2/c1-2-22-19-17(23)24-15(16(20)21)12-9-7-11(8-10-12)13-5-3-4-6-14(13)18/h3-10,15H,2H2,1H3,(H,19,23)(H,20,21). The quantitative estimate of drug-likeness (QED) is 0.559. The molecule has 0 bridgehead atoms. The van der Waals surface area contributed by atoms with Crippen LogP contribution in [0.15, 0.2) is 48.5 Å². The fraction of sp³-hybridized carbons (Fsp3) is 0.176. The molecule has 2 aromatic rings. The molecule has 0 heterocycles. The Kier molecular flexibility index (Phi) is 7.05. The van der Waals surface area contributed by atoms with E-state index < -0.39 is 11.2 Å². The van der Waals surface area contributed by atoms with E-state index in [0.717, 1.165) is 22.9 Å². The number of hydrogen-bond donors (Lipinski definition) is 2. The minimum atomic E-state index is -0.967. The van der Waals surface area contributed by atoms with Gasteiger partial charge in [-0.3, -0.25) is 15.1 Å². The fourth-order valence-electron chi connectivity index (χ4n) is 2.06. The SMILES string of the molecule is CCONC(=S)SC(C(=O)O)c1ccc(-c2ccccc2Cl)cc1. The van der Waals surface area contributed by atoms with Crippen molar-refractivity contribution in [3.63, 3.8) is 0 Å². The number of hydrogen-bond acceptors (Lipinski definition) is 4. The summed E-state index contributed by atoms with van der Waals surface area (Å²) in [5, 5.41) is 9.30. The number of carbonyl (C=O) groups is 1. The van der Waals surface area contributed by atoms with Crippen LogP contribution in [0.2, 0.25) is 5.02 Å². The number of benzene rings is 2. The van der Waals surface area contributed by atoms with Crippen LogP contribution in [0, 0.1) is 0 Å². The second-order valence-corrected chi connectivity index (χ2v) is 6.95. The molecule has 4 nitrogen and oxygen atoms in total. The Morgan fingerprint density at radius 3 is 2.54 bits per heavy atom. The van der Waals surface area contributed by atoms with Crippen LogP contribution in [0.4, 0.5) is 0 Å². The van der Waals surface area contributed by atoms with Crippen molar-refractivity contribution in [1.82, 2.24) is 5.48 Å². The monoisotopic (exact) mass is 381 g/mol. The molecule has 7 heteroatoms. The molecule has 1 atom stereocenters. The topological polar surface area (TPSA) is 58.6 Å². The fourth-order valence-corrected chi connectivity index (χ4v) is 3.36. The highest BCUT2D eigenvalue weighted by Crippen LogP contribution is 2.33. The summed E-state index contributed by atoms with van der Waals surface area (Å²) in [7, 11) is 0. The van der Waals surface area contributed by atoms with Crippen LogP contribution in [-0.2, 0) is 9.63 Å². The Hall–Kier alpha value is -1.60. The van der Waals surface area contributed by atoms with Gasteiger partial charge in [-0.15, -0.1) is 0 Å². The van der Waals surface area contributed by atoms with Crippen molar-refractivity contribution in [3.8, 4) is 11.1 Å². The third-order valence-corrected chi connectivity index (χ3v) is 4.86. The van der Waals surface area contributed by atoms with Crippen LogP contribution < -0.4 is 5.48 Å². The number of aliphatic carboxylic acids is 1. The van der Waals surface area contributed by atoms with E-state index in [4.69, 9.17) is 28.7 Å². The van der Waals surface area contributed by atoms with E-state index in [0.29, 0.717) is 17.2 Å². The number of hydroxylamine groups is 1. The second kappa shape index (κ2) is 9.03. The number of carboxylic acids is 1. The van der Waals surface area contributed by atoms with Gasteiger partial charge in [-0.1, -0.05) is 78.0 Å².